The van der Waals surface area contributed by atoms with Gasteiger partial charge < -0.3 is 5.32 Å². The van der Waals surface area contributed by atoms with Crippen LogP contribution in [0.5, 0.6) is 0 Å². The Hall–Kier alpha value is -1.31. The lowest BCUT2D eigenvalue weighted by Crippen LogP contribution is -2.33. The van der Waals surface area contributed by atoms with Crippen LogP contribution >= 0.6 is 0 Å². The Balaban J connectivity index is 2.06. The first-order chi connectivity index (χ1) is 8.20. The van der Waals surface area contributed by atoms with Gasteiger partial charge in [0.05, 0.1) is 0 Å². The number of carbonyl (C=O) groups excluding carboxylic acids is 1. The third-order valence-electron chi connectivity index (χ3n) is 3.96. The van der Waals surface area contributed by atoms with Gasteiger partial charge in [0.15, 0.2) is 0 Å². The fourth-order valence-corrected chi connectivity index (χ4v) is 2.70. The van der Waals surface area contributed by atoms with E-state index in [1.165, 1.54) is 5.56 Å². The standard InChI is InChI=1S/C15H21NO/c1-3-11(2)13-10-15(17)16-14(13)9-12-7-5-4-6-8-12/h4-8,11,13-14H,3,9-10H2,1-2H3,(H,16,17). The highest BCUT2D eigenvalue weighted by atomic mass is 16.2. The Kier molecular flexibility index (Phi) is 3.82. The van der Waals surface area contributed by atoms with Gasteiger partial charge in [-0.1, -0.05) is 50.6 Å². The average Bonchev–Trinajstić information content (AvgIpc) is 2.70. The molecule has 1 amide bonds. The molecule has 0 saturated carbocycles. The fourth-order valence-electron chi connectivity index (χ4n) is 2.70. The van der Waals surface area contributed by atoms with Gasteiger partial charge in [0.2, 0.25) is 5.91 Å². The van der Waals surface area contributed by atoms with Crippen molar-refractivity contribution in [2.45, 2.75) is 39.2 Å². The highest BCUT2D eigenvalue weighted by Crippen LogP contribution is 2.29. The van der Waals surface area contributed by atoms with E-state index in [4.69, 9.17) is 0 Å². The Morgan fingerprint density at radius 2 is 2.06 bits per heavy atom. The van der Waals surface area contributed by atoms with Gasteiger partial charge in [-0.3, -0.25) is 4.79 Å². The third-order valence-corrected chi connectivity index (χ3v) is 3.96. The molecule has 0 aromatic heterocycles. The van der Waals surface area contributed by atoms with Gasteiger partial charge in [-0.15, -0.1) is 0 Å². The van der Waals surface area contributed by atoms with Crippen molar-refractivity contribution in [2.24, 2.45) is 11.8 Å². The fraction of sp³-hybridized carbons (Fsp3) is 0.533. The van der Waals surface area contributed by atoms with Crippen molar-refractivity contribution in [3.63, 3.8) is 0 Å². The van der Waals surface area contributed by atoms with Crippen molar-refractivity contribution in [3.8, 4) is 0 Å². The van der Waals surface area contributed by atoms with Crippen molar-refractivity contribution in [1.82, 2.24) is 5.32 Å². The van der Waals surface area contributed by atoms with Crippen LogP contribution in [0.15, 0.2) is 30.3 Å². The predicted molar refractivity (Wildman–Crippen MR) is 69.6 cm³/mol. The molecule has 1 heterocycles. The normalized spacial score (nSPS) is 25.6. The summed E-state index contributed by atoms with van der Waals surface area (Å²) < 4.78 is 0. The molecule has 1 fully saturated rings. The molecular weight excluding hydrogens is 210 g/mol. The third kappa shape index (κ3) is 2.87. The molecule has 0 bridgehead atoms. The number of rotatable bonds is 4. The molecule has 3 atom stereocenters. The second-order valence-corrected chi connectivity index (χ2v) is 5.12. The molecule has 3 unspecified atom stereocenters. The maximum Gasteiger partial charge on any atom is 0.220 e. The van der Waals surface area contributed by atoms with Crippen molar-refractivity contribution in [1.29, 1.82) is 0 Å². The zero-order chi connectivity index (χ0) is 12.3. The smallest absolute Gasteiger partial charge is 0.220 e. The summed E-state index contributed by atoms with van der Waals surface area (Å²) in [5.74, 6) is 1.33. The molecule has 1 aliphatic rings. The lowest BCUT2D eigenvalue weighted by atomic mass is 9.83. The second-order valence-electron chi connectivity index (χ2n) is 5.12. The molecule has 0 spiro atoms. The summed E-state index contributed by atoms with van der Waals surface area (Å²) in [7, 11) is 0. The van der Waals surface area contributed by atoms with Crippen LogP contribution in [0.4, 0.5) is 0 Å². The Morgan fingerprint density at radius 1 is 1.35 bits per heavy atom. The summed E-state index contributed by atoms with van der Waals surface area (Å²) in [4.78, 5) is 11.6. The zero-order valence-electron chi connectivity index (χ0n) is 10.6. The second kappa shape index (κ2) is 5.35. The molecule has 2 heteroatoms. The topological polar surface area (TPSA) is 29.1 Å². The number of nitrogens with one attached hydrogen (secondary N) is 1. The summed E-state index contributed by atoms with van der Waals surface area (Å²) in [5, 5.41) is 3.13. The summed E-state index contributed by atoms with van der Waals surface area (Å²) in [6, 6.07) is 10.7. The Bertz CT molecular complexity index is 374. The number of hydrogen-bond donors (Lipinski definition) is 1. The number of hydrogen-bond acceptors (Lipinski definition) is 1. The van der Waals surface area contributed by atoms with E-state index >= 15 is 0 Å². The lowest BCUT2D eigenvalue weighted by molar-refractivity contribution is -0.119. The van der Waals surface area contributed by atoms with E-state index in [0.717, 1.165) is 12.8 Å². The highest BCUT2D eigenvalue weighted by molar-refractivity contribution is 5.79. The minimum Gasteiger partial charge on any atom is -0.353 e. The van der Waals surface area contributed by atoms with Gasteiger partial charge in [-0.05, 0) is 23.8 Å². The van der Waals surface area contributed by atoms with Crippen LogP contribution in [-0.2, 0) is 11.2 Å². The van der Waals surface area contributed by atoms with Crippen molar-refractivity contribution in [2.75, 3.05) is 0 Å². The van der Waals surface area contributed by atoms with Gasteiger partial charge in [0.1, 0.15) is 0 Å². The molecule has 1 aromatic carbocycles. The van der Waals surface area contributed by atoms with E-state index in [2.05, 4.69) is 43.4 Å². The first-order valence-corrected chi connectivity index (χ1v) is 6.54. The predicted octanol–water partition coefficient (Wildman–Crippen LogP) is 2.78. The molecule has 17 heavy (non-hydrogen) atoms. The molecule has 1 saturated heterocycles. The van der Waals surface area contributed by atoms with E-state index in [0.29, 0.717) is 24.3 Å². The molecule has 1 N–H and O–H groups in total. The molecule has 2 rings (SSSR count). The average molecular weight is 231 g/mol. The van der Waals surface area contributed by atoms with E-state index in [1.807, 2.05) is 6.07 Å². The van der Waals surface area contributed by atoms with Crippen LogP contribution in [0.25, 0.3) is 0 Å². The minimum absolute atomic E-state index is 0.219. The van der Waals surface area contributed by atoms with Gasteiger partial charge in [0.25, 0.3) is 0 Å². The summed E-state index contributed by atoms with van der Waals surface area (Å²) >= 11 is 0. The first-order valence-electron chi connectivity index (χ1n) is 6.54. The van der Waals surface area contributed by atoms with Crippen LogP contribution in [0.1, 0.15) is 32.3 Å². The SMILES string of the molecule is CCC(C)C1CC(=O)NC1Cc1ccccc1. The lowest BCUT2D eigenvalue weighted by Gasteiger charge is -2.24. The first kappa shape index (κ1) is 12.2. The Morgan fingerprint density at radius 3 is 2.71 bits per heavy atom. The van der Waals surface area contributed by atoms with Crippen LogP contribution < -0.4 is 5.32 Å². The number of carbonyl (C=O) groups is 1. The molecule has 0 radical (unpaired) electrons. The van der Waals surface area contributed by atoms with Gasteiger partial charge in [-0.2, -0.15) is 0 Å². The minimum atomic E-state index is 0.219. The molecule has 1 aromatic rings. The molecular formula is C15H21NO. The molecule has 1 aliphatic heterocycles. The highest BCUT2D eigenvalue weighted by Gasteiger charge is 2.34. The van der Waals surface area contributed by atoms with Gasteiger partial charge in [-0.25, -0.2) is 0 Å². The molecule has 92 valence electrons. The quantitative estimate of drug-likeness (QED) is 0.848. The maximum absolute atomic E-state index is 11.6. The maximum atomic E-state index is 11.6. The summed E-state index contributed by atoms with van der Waals surface area (Å²) in [6.07, 6.45) is 2.80. The van der Waals surface area contributed by atoms with Crippen LogP contribution in [0.3, 0.4) is 0 Å². The Labute approximate surface area is 103 Å². The number of amides is 1. The summed E-state index contributed by atoms with van der Waals surface area (Å²) in [5.41, 5.74) is 1.31. The van der Waals surface area contributed by atoms with E-state index < -0.39 is 0 Å². The van der Waals surface area contributed by atoms with Crippen molar-refractivity contribution < 1.29 is 4.79 Å². The summed E-state index contributed by atoms with van der Waals surface area (Å²) in [6.45, 7) is 4.45. The van der Waals surface area contributed by atoms with E-state index in [9.17, 15) is 4.79 Å². The molecule has 0 aliphatic carbocycles. The zero-order valence-corrected chi connectivity index (χ0v) is 10.6. The number of benzene rings is 1. The monoisotopic (exact) mass is 231 g/mol. The van der Waals surface area contributed by atoms with Crippen LogP contribution in [0, 0.1) is 11.8 Å². The van der Waals surface area contributed by atoms with Gasteiger partial charge in [0, 0.05) is 12.5 Å². The van der Waals surface area contributed by atoms with Gasteiger partial charge >= 0.3 is 0 Å². The van der Waals surface area contributed by atoms with Crippen LogP contribution in [0.2, 0.25) is 0 Å². The van der Waals surface area contributed by atoms with Crippen molar-refractivity contribution >= 4 is 5.91 Å². The molecule has 2 nitrogen and oxygen atoms in total. The van der Waals surface area contributed by atoms with Crippen molar-refractivity contribution in [3.05, 3.63) is 35.9 Å². The van der Waals surface area contributed by atoms with Crippen LogP contribution in [-0.4, -0.2) is 11.9 Å². The van der Waals surface area contributed by atoms with E-state index in [1.54, 1.807) is 0 Å². The van der Waals surface area contributed by atoms with E-state index in [-0.39, 0.29) is 5.91 Å². The largest absolute Gasteiger partial charge is 0.353 e.